The number of rotatable bonds is 4. The third-order valence-corrected chi connectivity index (χ3v) is 3.84. The van der Waals surface area contributed by atoms with Crippen LogP contribution in [0.2, 0.25) is 5.02 Å². The molecular formula is C14H20ClNO2. The minimum atomic E-state index is -0.303. The van der Waals surface area contributed by atoms with Crippen LogP contribution in [0.1, 0.15) is 18.4 Å². The lowest BCUT2D eigenvalue weighted by Crippen LogP contribution is -2.37. The van der Waals surface area contributed by atoms with Crippen molar-refractivity contribution in [1.29, 1.82) is 0 Å². The molecule has 1 heterocycles. The Morgan fingerprint density at radius 1 is 1.56 bits per heavy atom. The van der Waals surface area contributed by atoms with Crippen LogP contribution in [0, 0.1) is 5.92 Å². The van der Waals surface area contributed by atoms with Crippen LogP contribution in [-0.4, -0.2) is 31.4 Å². The lowest BCUT2D eigenvalue weighted by molar-refractivity contribution is 0.0922. The minimum absolute atomic E-state index is 0.303. The average molecular weight is 270 g/mol. The number of halogens is 1. The molecule has 0 aromatic heterocycles. The summed E-state index contributed by atoms with van der Waals surface area (Å²) in [4.78, 5) is 0. The van der Waals surface area contributed by atoms with E-state index in [4.69, 9.17) is 16.3 Å². The van der Waals surface area contributed by atoms with Crippen molar-refractivity contribution in [2.45, 2.75) is 25.4 Å². The number of benzene rings is 1. The van der Waals surface area contributed by atoms with Crippen molar-refractivity contribution in [2.24, 2.45) is 5.92 Å². The summed E-state index contributed by atoms with van der Waals surface area (Å²) in [6.07, 6.45) is 2.58. The van der Waals surface area contributed by atoms with Crippen LogP contribution in [0.4, 0.5) is 0 Å². The highest BCUT2D eigenvalue weighted by Crippen LogP contribution is 2.26. The Bertz CT molecular complexity index is 391. The number of nitrogens with one attached hydrogen (secondary N) is 1. The first-order valence-electron chi connectivity index (χ1n) is 6.42. The number of aliphatic hydroxyl groups excluding tert-OH is 1. The second-order valence-corrected chi connectivity index (χ2v) is 5.25. The van der Waals surface area contributed by atoms with Gasteiger partial charge in [-0.1, -0.05) is 17.7 Å². The van der Waals surface area contributed by atoms with Crippen molar-refractivity contribution in [2.75, 3.05) is 20.2 Å². The Kier molecular flexibility index (Phi) is 4.87. The minimum Gasteiger partial charge on any atom is -0.495 e. The fourth-order valence-electron chi connectivity index (χ4n) is 2.45. The second-order valence-electron chi connectivity index (χ2n) is 4.85. The molecule has 0 spiro atoms. The Morgan fingerprint density at radius 2 is 2.39 bits per heavy atom. The standard InChI is InChI=1S/C14H20ClNO2/c1-18-14-5-4-10(7-12(14)15)8-13(17)11-3-2-6-16-9-11/h4-5,7,11,13,16-17H,2-3,6,8-9H2,1H3. The first-order valence-corrected chi connectivity index (χ1v) is 6.79. The maximum atomic E-state index is 10.2. The maximum Gasteiger partial charge on any atom is 0.137 e. The van der Waals surface area contributed by atoms with Gasteiger partial charge in [0.15, 0.2) is 0 Å². The van der Waals surface area contributed by atoms with E-state index in [-0.39, 0.29) is 6.10 Å². The Labute approximate surface area is 113 Å². The van der Waals surface area contributed by atoms with Crippen LogP contribution in [-0.2, 0) is 6.42 Å². The van der Waals surface area contributed by atoms with Gasteiger partial charge in [-0.15, -0.1) is 0 Å². The zero-order valence-corrected chi connectivity index (χ0v) is 11.4. The largest absolute Gasteiger partial charge is 0.495 e. The van der Waals surface area contributed by atoms with Crippen molar-refractivity contribution in [3.8, 4) is 5.75 Å². The molecule has 1 aliphatic rings. The summed E-state index contributed by atoms with van der Waals surface area (Å²) in [6, 6.07) is 5.69. The molecule has 100 valence electrons. The van der Waals surface area contributed by atoms with Gasteiger partial charge in [-0.05, 0) is 49.4 Å². The Balaban J connectivity index is 1.97. The van der Waals surface area contributed by atoms with E-state index in [1.54, 1.807) is 7.11 Å². The molecule has 18 heavy (non-hydrogen) atoms. The molecule has 0 aliphatic carbocycles. The number of piperidine rings is 1. The molecule has 1 aromatic carbocycles. The zero-order chi connectivity index (χ0) is 13.0. The van der Waals surface area contributed by atoms with Gasteiger partial charge in [0.1, 0.15) is 5.75 Å². The SMILES string of the molecule is COc1ccc(CC(O)C2CCCNC2)cc1Cl. The van der Waals surface area contributed by atoms with Crippen LogP contribution in [0.25, 0.3) is 0 Å². The highest BCUT2D eigenvalue weighted by Gasteiger charge is 2.21. The molecule has 4 heteroatoms. The molecule has 1 fully saturated rings. The fourth-order valence-corrected chi connectivity index (χ4v) is 2.73. The molecule has 2 unspecified atom stereocenters. The summed E-state index contributed by atoms with van der Waals surface area (Å²) in [5, 5.41) is 14.2. The summed E-state index contributed by atoms with van der Waals surface area (Å²) in [5.41, 5.74) is 1.05. The van der Waals surface area contributed by atoms with Gasteiger partial charge < -0.3 is 15.2 Å². The van der Waals surface area contributed by atoms with Gasteiger partial charge in [-0.25, -0.2) is 0 Å². The number of aliphatic hydroxyl groups is 1. The molecule has 0 saturated carbocycles. The predicted molar refractivity (Wildman–Crippen MR) is 73.3 cm³/mol. The third-order valence-electron chi connectivity index (χ3n) is 3.54. The molecule has 0 bridgehead atoms. The lowest BCUT2D eigenvalue weighted by Gasteiger charge is -2.27. The zero-order valence-electron chi connectivity index (χ0n) is 10.7. The van der Waals surface area contributed by atoms with E-state index in [1.807, 2.05) is 18.2 Å². The predicted octanol–water partition coefficient (Wildman–Crippen LogP) is 2.25. The van der Waals surface area contributed by atoms with Crippen molar-refractivity contribution >= 4 is 11.6 Å². The van der Waals surface area contributed by atoms with Gasteiger partial charge in [0.2, 0.25) is 0 Å². The van der Waals surface area contributed by atoms with Crippen LogP contribution in [0.5, 0.6) is 5.75 Å². The van der Waals surface area contributed by atoms with Crippen LogP contribution in [0.15, 0.2) is 18.2 Å². The van der Waals surface area contributed by atoms with E-state index < -0.39 is 0 Å². The molecule has 1 saturated heterocycles. The van der Waals surface area contributed by atoms with E-state index in [1.165, 1.54) is 0 Å². The molecule has 2 atom stereocenters. The summed E-state index contributed by atoms with van der Waals surface area (Å²) in [5.74, 6) is 1.02. The van der Waals surface area contributed by atoms with E-state index >= 15 is 0 Å². The molecule has 1 aromatic rings. The van der Waals surface area contributed by atoms with E-state index in [2.05, 4.69) is 5.32 Å². The van der Waals surface area contributed by atoms with E-state index in [9.17, 15) is 5.11 Å². The fraction of sp³-hybridized carbons (Fsp3) is 0.571. The molecule has 2 rings (SSSR count). The van der Waals surface area contributed by atoms with Crippen LogP contribution in [0.3, 0.4) is 0 Å². The average Bonchev–Trinajstić information content (AvgIpc) is 2.40. The molecule has 3 nitrogen and oxygen atoms in total. The van der Waals surface area contributed by atoms with Gasteiger partial charge in [-0.3, -0.25) is 0 Å². The first kappa shape index (κ1) is 13.7. The van der Waals surface area contributed by atoms with Crippen molar-refractivity contribution < 1.29 is 9.84 Å². The van der Waals surface area contributed by atoms with Gasteiger partial charge in [0.25, 0.3) is 0 Å². The van der Waals surface area contributed by atoms with Gasteiger partial charge in [-0.2, -0.15) is 0 Å². The molecule has 0 amide bonds. The van der Waals surface area contributed by atoms with Crippen molar-refractivity contribution in [3.05, 3.63) is 28.8 Å². The normalized spacial score (nSPS) is 21.6. The summed E-state index contributed by atoms with van der Waals surface area (Å²) in [6.45, 7) is 1.97. The van der Waals surface area contributed by atoms with Gasteiger partial charge >= 0.3 is 0 Å². The van der Waals surface area contributed by atoms with Crippen molar-refractivity contribution in [1.82, 2.24) is 5.32 Å². The number of hydrogen-bond donors (Lipinski definition) is 2. The smallest absolute Gasteiger partial charge is 0.137 e. The topological polar surface area (TPSA) is 41.5 Å². The highest BCUT2D eigenvalue weighted by molar-refractivity contribution is 6.32. The molecule has 2 N–H and O–H groups in total. The van der Waals surface area contributed by atoms with Crippen LogP contribution < -0.4 is 10.1 Å². The van der Waals surface area contributed by atoms with Crippen molar-refractivity contribution in [3.63, 3.8) is 0 Å². The number of hydrogen-bond acceptors (Lipinski definition) is 3. The van der Waals surface area contributed by atoms with E-state index in [0.29, 0.717) is 23.1 Å². The summed E-state index contributed by atoms with van der Waals surface area (Å²) in [7, 11) is 1.60. The Morgan fingerprint density at radius 3 is 3.00 bits per heavy atom. The highest BCUT2D eigenvalue weighted by atomic mass is 35.5. The van der Waals surface area contributed by atoms with Gasteiger partial charge in [0.05, 0.1) is 18.2 Å². The lowest BCUT2D eigenvalue weighted by atomic mass is 9.90. The first-order chi connectivity index (χ1) is 8.70. The van der Waals surface area contributed by atoms with Crippen LogP contribution >= 0.6 is 11.6 Å². The van der Waals surface area contributed by atoms with Gasteiger partial charge in [0, 0.05) is 6.54 Å². The summed E-state index contributed by atoms with van der Waals surface area (Å²) >= 11 is 6.08. The quantitative estimate of drug-likeness (QED) is 0.881. The molecule has 0 radical (unpaired) electrons. The monoisotopic (exact) mass is 269 g/mol. The molecule has 1 aliphatic heterocycles. The maximum absolute atomic E-state index is 10.2. The third kappa shape index (κ3) is 3.37. The number of methoxy groups -OCH3 is 1. The summed E-state index contributed by atoms with van der Waals surface area (Å²) < 4.78 is 5.12. The second kappa shape index (κ2) is 6.41. The Hall–Kier alpha value is -0.770. The van der Waals surface area contributed by atoms with E-state index in [0.717, 1.165) is 31.5 Å². The number of ether oxygens (including phenoxy) is 1. The molecular weight excluding hydrogens is 250 g/mol.